The van der Waals surface area contributed by atoms with E-state index in [2.05, 4.69) is 14.9 Å². The van der Waals surface area contributed by atoms with Crippen LogP contribution in [0.3, 0.4) is 0 Å². The molecule has 2 saturated heterocycles. The predicted molar refractivity (Wildman–Crippen MR) is 57.3 cm³/mol. The molecule has 4 nitrogen and oxygen atoms in total. The Balaban J connectivity index is 1.92. The first-order chi connectivity index (χ1) is 7.24. The van der Waals surface area contributed by atoms with E-state index in [9.17, 15) is 0 Å². The van der Waals surface area contributed by atoms with E-state index in [0.717, 1.165) is 24.9 Å². The summed E-state index contributed by atoms with van der Waals surface area (Å²) in [6, 6.07) is 2.79. The van der Waals surface area contributed by atoms with Gasteiger partial charge in [-0.05, 0) is 13.3 Å². The highest BCUT2D eigenvalue weighted by atomic mass is 35.5. The highest BCUT2D eigenvalue weighted by Gasteiger charge is 2.43. The van der Waals surface area contributed by atoms with Gasteiger partial charge in [0.2, 0.25) is 0 Å². The van der Waals surface area contributed by atoms with E-state index in [1.54, 1.807) is 0 Å². The van der Waals surface area contributed by atoms with Crippen LogP contribution in [-0.4, -0.2) is 35.3 Å². The van der Waals surface area contributed by atoms with Crippen LogP contribution in [0.4, 0.5) is 5.82 Å². The number of anilines is 1. The van der Waals surface area contributed by atoms with Crippen molar-refractivity contribution in [2.24, 2.45) is 0 Å². The second-order valence-corrected chi connectivity index (χ2v) is 4.47. The Morgan fingerprint density at radius 3 is 2.73 bits per heavy atom. The second-order valence-electron chi connectivity index (χ2n) is 4.08. The molecule has 0 saturated carbocycles. The lowest BCUT2D eigenvalue weighted by molar-refractivity contribution is 0.00966. The van der Waals surface area contributed by atoms with Crippen LogP contribution >= 0.6 is 11.6 Å². The number of hydrogen-bond acceptors (Lipinski definition) is 4. The smallest absolute Gasteiger partial charge is 0.134 e. The molecule has 0 unspecified atom stereocenters. The Morgan fingerprint density at radius 1 is 1.40 bits per heavy atom. The summed E-state index contributed by atoms with van der Waals surface area (Å²) in [7, 11) is 0. The Morgan fingerprint density at radius 2 is 2.13 bits per heavy atom. The number of ether oxygens (including phenoxy) is 1. The predicted octanol–water partition coefficient (Wildman–Crippen LogP) is 1.42. The Hall–Kier alpha value is -0.870. The lowest BCUT2D eigenvalue weighted by atomic mass is 9.91. The van der Waals surface area contributed by atoms with Gasteiger partial charge < -0.3 is 9.64 Å². The first kappa shape index (κ1) is 9.36. The summed E-state index contributed by atoms with van der Waals surface area (Å²) >= 11 is 5.92. The molecule has 2 aliphatic rings. The topological polar surface area (TPSA) is 38.2 Å². The number of morpholine rings is 1. The lowest BCUT2D eigenvalue weighted by Gasteiger charge is -2.53. The number of aryl methyl sites for hydroxylation is 1. The highest BCUT2D eigenvalue weighted by Crippen LogP contribution is 2.35. The standard InChI is InChI=1S/C10H12ClN3O/c1-6-12-9(11)3-10(13-6)14-7-2-8(14)5-15-4-7/h3,7-8H,2,4-5H2,1H3/t7-,8-/m1/s1. The number of rotatable bonds is 1. The van der Waals surface area contributed by atoms with Crippen LogP contribution in [0.2, 0.25) is 5.15 Å². The molecule has 2 bridgehead atoms. The molecule has 2 atom stereocenters. The number of halogens is 1. The van der Waals surface area contributed by atoms with Crippen molar-refractivity contribution in [3.63, 3.8) is 0 Å². The average molecular weight is 226 g/mol. The molecule has 80 valence electrons. The van der Waals surface area contributed by atoms with Gasteiger partial charge in [0.25, 0.3) is 0 Å². The SMILES string of the molecule is Cc1nc(Cl)cc(N2[C@H]3COC[C@H]2C3)n1. The van der Waals surface area contributed by atoms with E-state index in [4.69, 9.17) is 16.3 Å². The van der Waals surface area contributed by atoms with Crippen LogP contribution in [0.5, 0.6) is 0 Å². The zero-order valence-corrected chi connectivity index (χ0v) is 9.24. The first-order valence-corrected chi connectivity index (χ1v) is 5.49. The third-order valence-corrected chi connectivity index (χ3v) is 3.20. The fourth-order valence-corrected chi connectivity index (χ4v) is 2.58. The van der Waals surface area contributed by atoms with Crippen LogP contribution in [-0.2, 0) is 4.74 Å². The van der Waals surface area contributed by atoms with Gasteiger partial charge >= 0.3 is 0 Å². The normalized spacial score (nSPS) is 28.8. The number of nitrogens with zero attached hydrogens (tertiary/aromatic N) is 3. The van der Waals surface area contributed by atoms with Crippen molar-refractivity contribution in [2.75, 3.05) is 18.1 Å². The van der Waals surface area contributed by atoms with Gasteiger partial charge in [0.1, 0.15) is 16.8 Å². The second kappa shape index (κ2) is 3.32. The van der Waals surface area contributed by atoms with Gasteiger partial charge in [-0.1, -0.05) is 11.6 Å². The Labute approximate surface area is 93.2 Å². The van der Waals surface area contributed by atoms with Crippen molar-refractivity contribution in [2.45, 2.75) is 25.4 Å². The van der Waals surface area contributed by atoms with Crippen LogP contribution < -0.4 is 4.90 Å². The van der Waals surface area contributed by atoms with E-state index >= 15 is 0 Å². The largest absolute Gasteiger partial charge is 0.377 e. The van der Waals surface area contributed by atoms with Crippen molar-refractivity contribution < 1.29 is 4.74 Å². The average Bonchev–Trinajstić information content (AvgIpc) is 2.16. The monoisotopic (exact) mass is 225 g/mol. The van der Waals surface area contributed by atoms with Gasteiger partial charge in [0, 0.05) is 6.07 Å². The quantitative estimate of drug-likeness (QED) is 0.678. The molecular formula is C10H12ClN3O. The molecule has 1 aromatic heterocycles. The summed E-state index contributed by atoms with van der Waals surface area (Å²) in [6.45, 7) is 3.47. The van der Waals surface area contributed by atoms with Gasteiger partial charge in [0.05, 0.1) is 25.3 Å². The molecule has 2 fully saturated rings. The maximum atomic E-state index is 5.92. The van der Waals surface area contributed by atoms with Crippen molar-refractivity contribution in [3.8, 4) is 0 Å². The molecule has 2 aliphatic heterocycles. The van der Waals surface area contributed by atoms with Crippen molar-refractivity contribution in [3.05, 3.63) is 17.0 Å². The van der Waals surface area contributed by atoms with E-state index in [0.29, 0.717) is 17.2 Å². The molecule has 0 amide bonds. The fraction of sp³-hybridized carbons (Fsp3) is 0.600. The summed E-state index contributed by atoms with van der Waals surface area (Å²) in [5.41, 5.74) is 0. The molecule has 3 heterocycles. The summed E-state index contributed by atoms with van der Waals surface area (Å²) in [6.07, 6.45) is 1.21. The van der Waals surface area contributed by atoms with Crippen molar-refractivity contribution in [1.82, 2.24) is 9.97 Å². The summed E-state index contributed by atoms with van der Waals surface area (Å²) in [4.78, 5) is 10.8. The summed E-state index contributed by atoms with van der Waals surface area (Å²) in [5.74, 6) is 1.67. The zero-order valence-electron chi connectivity index (χ0n) is 8.48. The number of fused-ring (bicyclic) bond motifs is 2. The first-order valence-electron chi connectivity index (χ1n) is 5.11. The van der Waals surface area contributed by atoms with Gasteiger partial charge in [-0.25, -0.2) is 9.97 Å². The maximum Gasteiger partial charge on any atom is 0.134 e. The number of aromatic nitrogens is 2. The zero-order chi connectivity index (χ0) is 10.4. The van der Waals surface area contributed by atoms with Crippen LogP contribution in [0.1, 0.15) is 12.2 Å². The Kier molecular flexibility index (Phi) is 2.07. The molecule has 0 aromatic carbocycles. The minimum atomic E-state index is 0.481. The fourth-order valence-electron chi connectivity index (χ4n) is 2.36. The summed E-state index contributed by atoms with van der Waals surface area (Å²) in [5, 5.41) is 0.517. The molecule has 1 aromatic rings. The molecule has 3 rings (SSSR count). The molecule has 15 heavy (non-hydrogen) atoms. The summed E-state index contributed by atoms with van der Waals surface area (Å²) < 4.78 is 5.43. The van der Waals surface area contributed by atoms with Gasteiger partial charge in [-0.3, -0.25) is 0 Å². The minimum Gasteiger partial charge on any atom is -0.377 e. The molecular weight excluding hydrogens is 214 g/mol. The third-order valence-electron chi connectivity index (χ3n) is 3.01. The molecule has 0 radical (unpaired) electrons. The van der Waals surface area contributed by atoms with E-state index in [1.165, 1.54) is 6.42 Å². The van der Waals surface area contributed by atoms with Gasteiger partial charge in [0.15, 0.2) is 0 Å². The molecule has 0 aliphatic carbocycles. The van der Waals surface area contributed by atoms with Crippen LogP contribution in [0, 0.1) is 6.92 Å². The Bertz CT molecular complexity index is 364. The van der Waals surface area contributed by atoms with E-state index in [1.807, 2.05) is 13.0 Å². The van der Waals surface area contributed by atoms with Crippen LogP contribution in [0.25, 0.3) is 0 Å². The van der Waals surface area contributed by atoms with Crippen molar-refractivity contribution >= 4 is 17.4 Å². The number of hydrogen-bond donors (Lipinski definition) is 0. The third kappa shape index (κ3) is 1.48. The van der Waals surface area contributed by atoms with Crippen LogP contribution in [0.15, 0.2) is 6.07 Å². The maximum absolute atomic E-state index is 5.92. The molecule has 0 spiro atoms. The lowest BCUT2D eigenvalue weighted by Crippen LogP contribution is -2.64. The van der Waals surface area contributed by atoms with E-state index in [-0.39, 0.29) is 0 Å². The van der Waals surface area contributed by atoms with Crippen molar-refractivity contribution in [1.29, 1.82) is 0 Å². The highest BCUT2D eigenvalue weighted by molar-refractivity contribution is 6.29. The molecule has 5 heteroatoms. The minimum absolute atomic E-state index is 0.481. The van der Waals surface area contributed by atoms with E-state index < -0.39 is 0 Å². The van der Waals surface area contributed by atoms with Gasteiger partial charge in [-0.15, -0.1) is 0 Å². The van der Waals surface area contributed by atoms with Gasteiger partial charge in [-0.2, -0.15) is 0 Å². The molecule has 0 N–H and O–H groups in total.